The van der Waals surface area contributed by atoms with E-state index in [0.717, 1.165) is 0 Å². The minimum atomic E-state index is -0.356. The van der Waals surface area contributed by atoms with Crippen LogP contribution in [0.2, 0.25) is 0 Å². The van der Waals surface area contributed by atoms with Crippen LogP contribution < -0.4 is 18.9 Å². The molecule has 0 aliphatic heterocycles. The van der Waals surface area contributed by atoms with Gasteiger partial charge in [0.05, 0.1) is 34.0 Å². The van der Waals surface area contributed by atoms with Gasteiger partial charge in [0.15, 0.2) is 17.3 Å². The van der Waals surface area contributed by atoms with Crippen molar-refractivity contribution in [2.45, 2.75) is 0 Å². The lowest BCUT2D eigenvalue weighted by Crippen LogP contribution is -1.97. The van der Waals surface area contributed by atoms with Gasteiger partial charge in [0, 0.05) is 0 Å². The van der Waals surface area contributed by atoms with Gasteiger partial charge in [-0.15, -0.1) is 0 Å². The van der Waals surface area contributed by atoms with E-state index in [9.17, 15) is 9.90 Å². The van der Waals surface area contributed by atoms with Crippen molar-refractivity contribution < 1.29 is 28.8 Å². The zero-order chi connectivity index (χ0) is 18.4. The molecule has 0 spiro atoms. The highest BCUT2D eigenvalue weighted by atomic mass is 16.5. The lowest BCUT2D eigenvalue weighted by molar-refractivity contribution is 0.104. The summed E-state index contributed by atoms with van der Waals surface area (Å²) in [4.78, 5) is 12.3. The van der Waals surface area contributed by atoms with Gasteiger partial charge in [0.2, 0.25) is 5.75 Å². The molecular weight excluding hydrogens is 324 g/mol. The Morgan fingerprint density at radius 2 is 1.56 bits per heavy atom. The summed E-state index contributed by atoms with van der Waals surface area (Å²) >= 11 is 0. The van der Waals surface area contributed by atoms with E-state index < -0.39 is 0 Å². The second kappa shape index (κ2) is 8.10. The van der Waals surface area contributed by atoms with Crippen molar-refractivity contribution >= 4 is 11.9 Å². The Labute approximate surface area is 146 Å². The third kappa shape index (κ3) is 4.03. The third-order valence-electron chi connectivity index (χ3n) is 3.58. The predicted octanol–water partition coefficient (Wildman–Crippen LogP) is 3.32. The largest absolute Gasteiger partial charge is 0.507 e. The number of rotatable bonds is 7. The maximum atomic E-state index is 12.3. The summed E-state index contributed by atoms with van der Waals surface area (Å²) in [5, 5.41) is 9.86. The van der Waals surface area contributed by atoms with E-state index in [4.69, 9.17) is 18.9 Å². The van der Waals surface area contributed by atoms with Gasteiger partial charge >= 0.3 is 0 Å². The van der Waals surface area contributed by atoms with E-state index in [1.165, 1.54) is 46.6 Å². The molecule has 6 heteroatoms. The van der Waals surface area contributed by atoms with Crippen LogP contribution in [0.4, 0.5) is 0 Å². The predicted molar refractivity (Wildman–Crippen MR) is 94.1 cm³/mol. The summed E-state index contributed by atoms with van der Waals surface area (Å²) in [5.41, 5.74) is 0.841. The molecule has 6 nitrogen and oxygen atoms in total. The first kappa shape index (κ1) is 18.2. The quantitative estimate of drug-likeness (QED) is 0.613. The van der Waals surface area contributed by atoms with Gasteiger partial charge in [-0.3, -0.25) is 4.79 Å². The summed E-state index contributed by atoms with van der Waals surface area (Å²) in [6, 6.07) is 7.92. The molecule has 0 unspecified atom stereocenters. The number of hydrogen-bond donors (Lipinski definition) is 1. The zero-order valence-electron chi connectivity index (χ0n) is 14.5. The molecule has 0 bridgehead atoms. The first-order valence-electron chi connectivity index (χ1n) is 7.43. The van der Waals surface area contributed by atoms with Crippen LogP contribution in [-0.4, -0.2) is 39.3 Å². The van der Waals surface area contributed by atoms with Crippen molar-refractivity contribution in [3.05, 3.63) is 47.5 Å². The van der Waals surface area contributed by atoms with Gasteiger partial charge in [0.25, 0.3) is 0 Å². The number of carbonyl (C=O) groups excluding carboxylic acids is 1. The average Bonchev–Trinajstić information content (AvgIpc) is 2.65. The van der Waals surface area contributed by atoms with E-state index in [0.29, 0.717) is 28.6 Å². The molecule has 2 aromatic rings. The molecule has 0 amide bonds. The Morgan fingerprint density at radius 3 is 2.08 bits per heavy atom. The van der Waals surface area contributed by atoms with Crippen LogP contribution in [0.1, 0.15) is 15.9 Å². The Balaban J connectivity index is 2.34. The standard InChI is InChI=1S/C19H20O6/c1-22-13-6-8-16(21)14(11-13)15(20)7-5-12-9-17(23-2)19(25-4)18(10-12)24-3/h5-11,21H,1-4H3/b7-5+. The molecule has 0 atom stereocenters. The molecule has 1 N–H and O–H groups in total. The molecule has 0 fully saturated rings. The number of ether oxygens (including phenoxy) is 4. The third-order valence-corrected chi connectivity index (χ3v) is 3.58. The van der Waals surface area contributed by atoms with E-state index in [-0.39, 0.29) is 17.1 Å². The van der Waals surface area contributed by atoms with Crippen LogP contribution in [-0.2, 0) is 0 Å². The molecule has 25 heavy (non-hydrogen) atoms. The molecule has 0 aliphatic carbocycles. The normalized spacial score (nSPS) is 10.6. The van der Waals surface area contributed by atoms with Crippen LogP contribution in [0.25, 0.3) is 6.08 Å². The number of phenolic OH excluding ortho intramolecular Hbond substituents is 1. The molecule has 132 valence electrons. The van der Waals surface area contributed by atoms with Gasteiger partial charge in [-0.2, -0.15) is 0 Å². The van der Waals surface area contributed by atoms with Gasteiger partial charge in [-0.05, 0) is 42.0 Å². The van der Waals surface area contributed by atoms with Gasteiger partial charge in [0.1, 0.15) is 11.5 Å². The summed E-state index contributed by atoms with van der Waals surface area (Å²) in [5.74, 6) is 1.46. The maximum absolute atomic E-state index is 12.3. The molecule has 0 radical (unpaired) electrons. The van der Waals surface area contributed by atoms with E-state index >= 15 is 0 Å². The van der Waals surface area contributed by atoms with Gasteiger partial charge in [-0.25, -0.2) is 0 Å². The van der Waals surface area contributed by atoms with Crippen LogP contribution >= 0.6 is 0 Å². The fourth-order valence-electron chi connectivity index (χ4n) is 2.30. The summed E-state index contributed by atoms with van der Waals surface area (Å²) in [7, 11) is 6.05. The zero-order valence-corrected chi connectivity index (χ0v) is 14.5. The highest BCUT2D eigenvalue weighted by Gasteiger charge is 2.13. The number of methoxy groups -OCH3 is 4. The molecule has 2 rings (SSSR count). The molecule has 0 heterocycles. The highest BCUT2D eigenvalue weighted by Crippen LogP contribution is 2.38. The van der Waals surface area contributed by atoms with Crippen molar-refractivity contribution in [3.8, 4) is 28.7 Å². The summed E-state index contributed by atoms with van der Waals surface area (Å²) in [6.07, 6.45) is 2.96. The average molecular weight is 344 g/mol. The fraction of sp³-hybridized carbons (Fsp3) is 0.211. The monoisotopic (exact) mass is 344 g/mol. The van der Waals surface area contributed by atoms with Crippen molar-refractivity contribution in [2.75, 3.05) is 28.4 Å². The molecular formula is C19H20O6. The lowest BCUT2D eigenvalue weighted by atomic mass is 10.1. The van der Waals surface area contributed by atoms with E-state index in [1.54, 1.807) is 24.3 Å². The number of benzene rings is 2. The fourth-order valence-corrected chi connectivity index (χ4v) is 2.30. The summed E-state index contributed by atoms with van der Waals surface area (Å²) in [6.45, 7) is 0. The maximum Gasteiger partial charge on any atom is 0.203 e. The van der Waals surface area contributed by atoms with Crippen molar-refractivity contribution in [1.82, 2.24) is 0 Å². The Morgan fingerprint density at radius 1 is 0.920 bits per heavy atom. The molecule has 0 aliphatic rings. The van der Waals surface area contributed by atoms with E-state index in [1.807, 2.05) is 0 Å². The number of ketones is 1. The lowest BCUT2D eigenvalue weighted by Gasteiger charge is -2.12. The van der Waals surface area contributed by atoms with Crippen molar-refractivity contribution in [2.24, 2.45) is 0 Å². The van der Waals surface area contributed by atoms with Crippen LogP contribution in [0, 0.1) is 0 Å². The van der Waals surface area contributed by atoms with Gasteiger partial charge in [-0.1, -0.05) is 6.08 Å². The van der Waals surface area contributed by atoms with Crippen LogP contribution in [0.15, 0.2) is 36.4 Å². The smallest absolute Gasteiger partial charge is 0.203 e. The van der Waals surface area contributed by atoms with Crippen LogP contribution in [0.5, 0.6) is 28.7 Å². The number of allylic oxidation sites excluding steroid dienone is 1. The number of phenols is 1. The molecule has 0 saturated carbocycles. The van der Waals surface area contributed by atoms with Crippen molar-refractivity contribution in [3.63, 3.8) is 0 Å². The second-order valence-corrected chi connectivity index (χ2v) is 5.04. The Kier molecular flexibility index (Phi) is 5.89. The van der Waals surface area contributed by atoms with Crippen LogP contribution in [0.3, 0.4) is 0 Å². The minimum Gasteiger partial charge on any atom is -0.507 e. The first-order valence-corrected chi connectivity index (χ1v) is 7.43. The number of hydrogen-bond acceptors (Lipinski definition) is 6. The van der Waals surface area contributed by atoms with Crippen molar-refractivity contribution in [1.29, 1.82) is 0 Å². The Hall–Kier alpha value is -3.15. The molecule has 0 aromatic heterocycles. The summed E-state index contributed by atoms with van der Waals surface area (Å²) < 4.78 is 20.9. The first-order chi connectivity index (χ1) is 12.0. The highest BCUT2D eigenvalue weighted by molar-refractivity contribution is 6.08. The molecule has 2 aromatic carbocycles. The topological polar surface area (TPSA) is 74.2 Å². The number of carbonyl (C=O) groups is 1. The number of aromatic hydroxyl groups is 1. The van der Waals surface area contributed by atoms with E-state index in [2.05, 4.69) is 0 Å². The SMILES string of the molecule is COc1ccc(O)c(C(=O)/C=C/c2cc(OC)c(OC)c(OC)c2)c1. The Bertz CT molecular complexity index is 769. The minimum absolute atomic E-state index is 0.111. The van der Waals surface area contributed by atoms with Gasteiger partial charge < -0.3 is 24.1 Å². The molecule has 0 saturated heterocycles. The second-order valence-electron chi connectivity index (χ2n) is 5.04.